The number of hydrogen-bond acceptors (Lipinski definition) is 7. The molecule has 5 aromatic rings. The van der Waals surface area contributed by atoms with Crippen LogP contribution < -0.4 is 10.3 Å². The molecule has 0 saturated carbocycles. The first-order valence-electron chi connectivity index (χ1n) is 11.6. The molecule has 1 atom stereocenters. The van der Waals surface area contributed by atoms with Crippen molar-refractivity contribution in [3.63, 3.8) is 0 Å². The molecule has 0 spiro atoms. The van der Waals surface area contributed by atoms with E-state index in [1.165, 1.54) is 27.4 Å². The van der Waals surface area contributed by atoms with E-state index in [1.807, 2.05) is 37.3 Å². The minimum absolute atomic E-state index is 0.0513. The Hall–Kier alpha value is -3.27. The normalized spacial score (nSPS) is 14.9. The number of carbonyl (C=O) groups excluding carboxylic acids is 1. The standard InChI is InChI=1S/C28H20BrN3O3S2/c1-15-6-9-17(10-7-15)14-36-28-31-30-27(37-28)32-23(18-4-3-5-19(29)13-18)22-24(33)20-12-16(2)8-11-21(20)35-25(22)26(32)34/h3-13,23H,14H2,1-2H3/t23-/m0/s1. The van der Waals surface area contributed by atoms with Crippen molar-refractivity contribution in [2.75, 3.05) is 4.90 Å². The van der Waals surface area contributed by atoms with Crippen molar-refractivity contribution in [2.45, 2.75) is 30.0 Å². The zero-order chi connectivity index (χ0) is 25.7. The highest BCUT2D eigenvalue weighted by molar-refractivity contribution is 9.10. The first-order valence-corrected chi connectivity index (χ1v) is 14.2. The summed E-state index contributed by atoms with van der Waals surface area (Å²) in [6.45, 7) is 3.98. The van der Waals surface area contributed by atoms with Crippen molar-refractivity contribution >= 4 is 61.0 Å². The van der Waals surface area contributed by atoms with Crippen LogP contribution >= 0.6 is 39.0 Å². The summed E-state index contributed by atoms with van der Waals surface area (Å²) in [6, 6.07) is 20.7. The van der Waals surface area contributed by atoms with Gasteiger partial charge in [0.1, 0.15) is 5.58 Å². The Labute approximate surface area is 229 Å². The molecule has 184 valence electrons. The molecule has 0 N–H and O–H groups in total. The van der Waals surface area contributed by atoms with Gasteiger partial charge in [-0.05, 0) is 49.2 Å². The number of nitrogens with zero attached hydrogens (tertiary/aromatic N) is 3. The summed E-state index contributed by atoms with van der Waals surface area (Å²) in [7, 11) is 0. The second-order valence-electron chi connectivity index (χ2n) is 8.93. The molecule has 0 fully saturated rings. The average molecular weight is 591 g/mol. The van der Waals surface area contributed by atoms with Crippen LogP contribution in [-0.2, 0) is 5.75 Å². The summed E-state index contributed by atoms with van der Waals surface area (Å²) in [4.78, 5) is 29.1. The van der Waals surface area contributed by atoms with Gasteiger partial charge < -0.3 is 4.42 Å². The number of carbonyl (C=O) groups is 1. The Bertz CT molecular complexity index is 1730. The van der Waals surface area contributed by atoms with Gasteiger partial charge >= 0.3 is 0 Å². The summed E-state index contributed by atoms with van der Waals surface area (Å²) in [5.74, 6) is 0.393. The monoisotopic (exact) mass is 589 g/mol. The fourth-order valence-electron chi connectivity index (χ4n) is 4.46. The first kappa shape index (κ1) is 24.1. The van der Waals surface area contributed by atoms with Crippen LogP contribution in [0.25, 0.3) is 11.0 Å². The molecule has 0 aliphatic carbocycles. The lowest BCUT2D eigenvalue weighted by Gasteiger charge is -2.22. The third kappa shape index (κ3) is 4.41. The molecule has 6 nitrogen and oxygen atoms in total. The van der Waals surface area contributed by atoms with E-state index in [2.05, 4.69) is 57.3 Å². The van der Waals surface area contributed by atoms with Crippen LogP contribution in [0.4, 0.5) is 5.13 Å². The molecule has 9 heteroatoms. The van der Waals surface area contributed by atoms with Gasteiger partial charge in [-0.3, -0.25) is 14.5 Å². The number of anilines is 1. The lowest BCUT2D eigenvalue weighted by Crippen LogP contribution is -2.29. The fraction of sp³-hybridized carbons (Fsp3) is 0.143. The Morgan fingerprint density at radius 2 is 1.78 bits per heavy atom. The third-order valence-electron chi connectivity index (χ3n) is 6.27. The van der Waals surface area contributed by atoms with Crippen molar-refractivity contribution in [3.05, 3.63) is 115 Å². The molecule has 1 aliphatic heterocycles. The Morgan fingerprint density at radius 3 is 2.57 bits per heavy atom. The second-order valence-corrected chi connectivity index (χ2v) is 12.0. The van der Waals surface area contributed by atoms with Gasteiger partial charge in [0.2, 0.25) is 10.9 Å². The van der Waals surface area contributed by atoms with Gasteiger partial charge in [-0.1, -0.05) is 92.6 Å². The molecular weight excluding hydrogens is 570 g/mol. The zero-order valence-electron chi connectivity index (χ0n) is 19.9. The summed E-state index contributed by atoms with van der Waals surface area (Å²) in [6.07, 6.45) is 0. The van der Waals surface area contributed by atoms with E-state index < -0.39 is 11.9 Å². The molecule has 0 saturated heterocycles. The minimum atomic E-state index is -0.677. The lowest BCUT2D eigenvalue weighted by atomic mass is 9.98. The van der Waals surface area contributed by atoms with Gasteiger partial charge in [-0.2, -0.15) is 0 Å². The Kier molecular flexibility index (Phi) is 6.22. The maximum Gasteiger partial charge on any atom is 0.297 e. The van der Waals surface area contributed by atoms with E-state index in [9.17, 15) is 9.59 Å². The van der Waals surface area contributed by atoms with Gasteiger partial charge in [0.05, 0.1) is 17.0 Å². The topological polar surface area (TPSA) is 76.3 Å². The number of fused-ring (bicyclic) bond motifs is 2. The fourth-order valence-corrected chi connectivity index (χ4v) is 6.70. The third-order valence-corrected chi connectivity index (χ3v) is 8.90. The Balaban J connectivity index is 1.43. The number of benzene rings is 3. The number of halogens is 1. The van der Waals surface area contributed by atoms with Crippen LogP contribution in [0, 0.1) is 13.8 Å². The predicted molar refractivity (Wildman–Crippen MR) is 151 cm³/mol. The van der Waals surface area contributed by atoms with Crippen LogP contribution in [0.2, 0.25) is 0 Å². The molecule has 0 unspecified atom stereocenters. The number of rotatable bonds is 5. The van der Waals surface area contributed by atoms with E-state index in [0.29, 0.717) is 21.7 Å². The van der Waals surface area contributed by atoms with Crippen LogP contribution in [0.5, 0.6) is 0 Å². The van der Waals surface area contributed by atoms with E-state index in [0.717, 1.165) is 25.7 Å². The lowest BCUT2D eigenvalue weighted by molar-refractivity contribution is 0.0970. The number of thioether (sulfide) groups is 1. The van der Waals surface area contributed by atoms with Crippen molar-refractivity contribution in [3.8, 4) is 0 Å². The maximum absolute atomic E-state index is 13.8. The smallest absolute Gasteiger partial charge is 0.297 e. The van der Waals surface area contributed by atoms with Crippen molar-refractivity contribution in [2.24, 2.45) is 0 Å². The van der Waals surface area contributed by atoms with Gasteiger partial charge in [-0.25, -0.2) is 0 Å². The molecule has 37 heavy (non-hydrogen) atoms. The van der Waals surface area contributed by atoms with Crippen molar-refractivity contribution in [1.82, 2.24) is 10.2 Å². The highest BCUT2D eigenvalue weighted by Crippen LogP contribution is 2.43. The number of amides is 1. The molecule has 2 aromatic heterocycles. The quantitative estimate of drug-likeness (QED) is 0.161. The van der Waals surface area contributed by atoms with E-state index >= 15 is 0 Å². The molecule has 6 rings (SSSR count). The maximum atomic E-state index is 13.8. The number of aromatic nitrogens is 2. The number of hydrogen-bond donors (Lipinski definition) is 0. The highest BCUT2D eigenvalue weighted by atomic mass is 79.9. The van der Waals surface area contributed by atoms with Crippen LogP contribution in [0.3, 0.4) is 0 Å². The highest BCUT2D eigenvalue weighted by Gasteiger charge is 2.45. The molecular formula is C28H20BrN3O3S2. The summed E-state index contributed by atoms with van der Waals surface area (Å²) >= 11 is 6.42. The SMILES string of the molecule is Cc1ccc(CSc2nnc(N3C(=O)c4oc5ccc(C)cc5c(=O)c4[C@@H]3c3cccc(Br)c3)s2)cc1. The van der Waals surface area contributed by atoms with Gasteiger partial charge in [0.25, 0.3) is 5.91 Å². The van der Waals surface area contributed by atoms with Gasteiger partial charge in [0, 0.05) is 10.2 Å². The van der Waals surface area contributed by atoms with Crippen molar-refractivity contribution < 1.29 is 9.21 Å². The molecule has 0 radical (unpaired) electrons. The predicted octanol–water partition coefficient (Wildman–Crippen LogP) is 7.07. The largest absolute Gasteiger partial charge is 0.450 e. The van der Waals surface area contributed by atoms with Gasteiger partial charge in [0.15, 0.2) is 9.77 Å². The van der Waals surface area contributed by atoms with E-state index in [4.69, 9.17) is 4.42 Å². The summed E-state index contributed by atoms with van der Waals surface area (Å²) in [5, 5.41) is 9.59. The summed E-state index contributed by atoms with van der Waals surface area (Å²) < 4.78 is 7.64. The van der Waals surface area contributed by atoms with Crippen LogP contribution in [0.15, 0.2) is 84.8 Å². The zero-order valence-corrected chi connectivity index (χ0v) is 23.1. The number of aryl methyl sites for hydroxylation is 2. The van der Waals surface area contributed by atoms with E-state index in [1.54, 1.807) is 23.9 Å². The molecule has 3 aromatic carbocycles. The average Bonchev–Trinajstić information content (AvgIpc) is 3.47. The second kappa shape index (κ2) is 9.55. The first-order chi connectivity index (χ1) is 17.9. The summed E-state index contributed by atoms with van der Waals surface area (Å²) in [5.41, 5.74) is 4.63. The van der Waals surface area contributed by atoms with Gasteiger partial charge in [-0.15, -0.1) is 10.2 Å². The Morgan fingerprint density at radius 1 is 1.00 bits per heavy atom. The van der Waals surface area contributed by atoms with Crippen molar-refractivity contribution in [1.29, 1.82) is 0 Å². The molecule has 1 amide bonds. The van der Waals surface area contributed by atoms with Crippen LogP contribution in [-0.4, -0.2) is 16.1 Å². The van der Waals surface area contributed by atoms with E-state index in [-0.39, 0.29) is 11.2 Å². The van der Waals surface area contributed by atoms with Crippen LogP contribution in [0.1, 0.15) is 44.4 Å². The molecule has 3 heterocycles. The molecule has 0 bridgehead atoms. The minimum Gasteiger partial charge on any atom is -0.450 e. The molecule has 1 aliphatic rings.